The molecule has 0 aromatic heterocycles. The van der Waals surface area contributed by atoms with Gasteiger partial charge in [0.15, 0.2) is 6.04 Å². The SMILES string of the molecule is O=C(Cc1ccc2c(c1)CCC2)NC(C(=O)O)c1ccc2c(c1)CCO2. The van der Waals surface area contributed by atoms with Crippen molar-refractivity contribution in [2.45, 2.75) is 38.1 Å². The highest BCUT2D eigenvalue weighted by molar-refractivity contribution is 5.85. The molecule has 0 spiro atoms. The summed E-state index contributed by atoms with van der Waals surface area (Å²) < 4.78 is 5.46. The van der Waals surface area contributed by atoms with E-state index in [0.29, 0.717) is 12.2 Å². The Bertz CT molecular complexity index is 874. The molecule has 2 aromatic carbocycles. The Kier molecular flexibility index (Phi) is 4.37. The van der Waals surface area contributed by atoms with E-state index in [4.69, 9.17) is 4.74 Å². The standard InChI is InChI=1S/C21H21NO4/c23-19(11-13-4-5-14-2-1-3-15(14)10-13)22-20(21(24)25)17-6-7-18-16(12-17)8-9-26-18/h4-7,10,12,20H,1-3,8-9,11H2,(H,22,23)(H,24,25). The predicted octanol–water partition coefficient (Wildman–Crippen LogP) is 2.59. The summed E-state index contributed by atoms with van der Waals surface area (Å²) in [7, 11) is 0. The molecule has 2 aliphatic rings. The first-order valence-electron chi connectivity index (χ1n) is 8.98. The molecule has 0 radical (unpaired) electrons. The molecular formula is C21H21NO4. The first-order chi connectivity index (χ1) is 12.6. The van der Waals surface area contributed by atoms with E-state index in [-0.39, 0.29) is 12.3 Å². The Balaban J connectivity index is 1.48. The van der Waals surface area contributed by atoms with E-state index >= 15 is 0 Å². The van der Waals surface area contributed by atoms with Gasteiger partial charge < -0.3 is 15.2 Å². The number of amides is 1. The summed E-state index contributed by atoms with van der Waals surface area (Å²) in [5.74, 6) is -0.555. The average molecular weight is 351 g/mol. The minimum absolute atomic E-state index is 0.186. The molecular weight excluding hydrogens is 330 g/mol. The van der Waals surface area contributed by atoms with Crippen molar-refractivity contribution in [2.24, 2.45) is 0 Å². The van der Waals surface area contributed by atoms with Crippen LogP contribution in [0.5, 0.6) is 5.75 Å². The van der Waals surface area contributed by atoms with Crippen molar-refractivity contribution in [3.05, 3.63) is 64.2 Å². The monoisotopic (exact) mass is 351 g/mol. The number of rotatable bonds is 5. The first kappa shape index (κ1) is 16.6. The molecule has 26 heavy (non-hydrogen) atoms. The Morgan fingerprint density at radius 1 is 1.04 bits per heavy atom. The number of fused-ring (bicyclic) bond motifs is 2. The van der Waals surface area contributed by atoms with Gasteiger partial charge in [-0.2, -0.15) is 0 Å². The van der Waals surface area contributed by atoms with Crippen LogP contribution in [-0.4, -0.2) is 23.6 Å². The van der Waals surface area contributed by atoms with Crippen LogP contribution < -0.4 is 10.1 Å². The molecule has 1 atom stereocenters. The van der Waals surface area contributed by atoms with Crippen LogP contribution in [0.25, 0.3) is 0 Å². The molecule has 1 aliphatic carbocycles. The second-order valence-electron chi connectivity index (χ2n) is 6.94. The number of carboxylic acid groups (broad SMARTS) is 1. The number of carboxylic acids is 1. The Morgan fingerprint density at radius 2 is 1.88 bits per heavy atom. The van der Waals surface area contributed by atoms with Crippen molar-refractivity contribution in [1.29, 1.82) is 0 Å². The molecule has 4 rings (SSSR count). The minimum atomic E-state index is -1.06. The van der Waals surface area contributed by atoms with E-state index in [1.54, 1.807) is 12.1 Å². The lowest BCUT2D eigenvalue weighted by atomic mass is 10.0. The van der Waals surface area contributed by atoms with E-state index in [2.05, 4.69) is 17.4 Å². The summed E-state index contributed by atoms with van der Waals surface area (Å²) in [6, 6.07) is 10.4. The van der Waals surface area contributed by atoms with Gasteiger partial charge in [0, 0.05) is 6.42 Å². The van der Waals surface area contributed by atoms with Crippen molar-refractivity contribution in [3.63, 3.8) is 0 Å². The molecule has 1 unspecified atom stereocenters. The fourth-order valence-corrected chi connectivity index (χ4v) is 3.81. The number of aryl methyl sites for hydroxylation is 2. The molecule has 0 bridgehead atoms. The maximum Gasteiger partial charge on any atom is 0.330 e. The third-order valence-electron chi connectivity index (χ3n) is 5.13. The zero-order chi connectivity index (χ0) is 18.1. The first-order valence-corrected chi connectivity index (χ1v) is 8.98. The number of ether oxygens (including phenoxy) is 1. The maximum atomic E-state index is 12.4. The number of aliphatic carboxylic acids is 1. The lowest BCUT2D eigenvalue weighted by Gasteiger charge is -2.16. The Hall–Kier alpha value is -2.82. The summed E-state index contributed by atoms with van der Waals surface area (Å²) in [5.41, 5.74) is 5.15. The molecule has 1 aliphatic heterocycles. The average Bonchev–Trinajstić information content (AvgIpc) is 3.27. The second-order valence-corrected chi connectivity index (χ2v) is 6.94. The Labute approximate surface area is 152 Å². The van der Waals surface area contributed by atoms with Crippen LogP contribution in [-0.2, 0) is 35.3 Å². The topological polar surface area (TPSA) is 75.6 Å². The van der Waals surface area contributed by atoms with Crippen LogP contribution in [0.2, 0.25) is 0 Å². The van der Waals surface area contributed by atoms with E-state index < -0.39 is 12.0 Å². The molecule has 1 heterocycles. The van der Waals surface area contributed by atoms with E-state index in [0.717, 1.165) is 42.6 Å². The molecule has 2 N–H and O–H groups in total. The highest BCUT2D eigenvalue weighted by Crippen LogP contribution is 2.28. The number of benzene rings is 2. The normalized spacial score (nSPS) is 15.7. The van der Waals surface area contributed by atoms with Crippen LogP contribution in [0.15, 0.2) is 36.4 Å². The predicted molar refractivity (Wildman–Crippen MR) is 96.3 cm³/mol. The maximum absolute atomic E-state index is 12.4. The zero-order valence-corrected chi connectivity index (χ0v) is 14.5. The summed E-state index contributed by atoms with van der Waals surface area (Å²) >= 11 is 0. The molecule has 5 heteroatoms. The molecule has 0 fully saturated rings. The Morgan fingerprint density at radius 3 is 2.73 bits per heavy atom. The lowest BCUT2D eigenvalue weighted by molar-refractivity contribution is -0.141. The van der Waals surface area contributed by atoms with Crippen LogP contribution in [0.1, 0.15) is 40.3 Å². The number of carbonyl (C=O) groups excluding carboxylic acids is 1. The molecule has 0 saturated heterocycles. The van der Waals surface area contributed by atoms with Crippen LogP contribution in [0.3, 0.4) is 0 Å². The quantitative estimate of drug-likeness (QED) is 0.868. The molecule has 2 aromatic rings. The molecule has 5 nitrogen and oxygen atoms in total. The van der Waals surface area contributed by atoms with Gasteiger partial charge in [-0.1, -0.05) is 24.3 Å². The van der Waals surface area contributed by atoms with Gasteiger partial charge >= 0.3 is 5.97 Å². The third kappa shape index (κ3) is 3.29. The van der Waals surface area contributed by atoms with Gasteiger partial charge in [0.05, 0.1) is 13.0 Å². The van der Waals surface area contributed by atoms with Crippen molar-refractivity contribution >= 4 is 11.9 Å². The molecule has 134 valence electrons. The van der Waals surface area contributed by atoms with E-state index in [1.807, 2.05) is 12.1 Å². The van der Waals surface area contributed by atoms with Crippen LogP contribution in [0, 0.1) is 0 Å². The highest BCUT2D eigenvalue weighted by Gasteiger charge is 2.24. The highest BCUT2D eigenvalue weighted by atomic mass is 16.5. The van der Waals surface area contributed by atoms with Crippen LogP contribution >= 0.6 is 0 Å². The zero-order valence-electron chi connectivity index (χ0n) is 14.5. The summed E-state index contributed by atoms with van der Waals surface area (Å²) in [5, 5.41) is 12.2. The number of carbonyl (C=O) groups is 2. The summed E-state index contributed by atoms with van der Waals surface area (Å²) in [4.78, 5) is 24.1. The third-order valence-corrected chi connectivity index (χ3v) is 5.13. The van der Waals surface area contributed by atoms with Gasteiger partial charge in [-0.15, -0.1) is 0 Å². The fraction of sp³-hybridized carbons (Fsp3) is 0.333. The minimum Gasteiger partial charge on any atom is -0.493 e. The molecule has 1 amide bonds. The summed E-state index contributed by atoms with van der Waals surface area (Å²) in [6.45, 7) is 0.612. The second kappa shape index (κ2) is 6.83. The van der Waals surface area contributed by atoms with Crippen LogP contribution in [0.4, 0.5) is 0 Å². The molecule has 0 saturated carbocycles. The van der Waals surface area contributed by atoms with E-state index in [9.17, 15) is 14.7 Å². The van der Waals surface area contributed by atoms with Gasteiger partial charge in [-0.05, 0) is 59.2 Å². The van der Waals surface area contributed by atoms with Crippen molar-refractivity contribution < 1.29 is 19.4 Å². The fourth-order valence-electron chi connectivity index (χ4n) is 3.81. The smallest absolute Gasteiger partial charge is 0.330 e. The lowest BCUT2D eigenvalue weighted by Crippen LogP contribution is -2.34. The van der Waals surface area contributed by atoms with Crippen molar-refractivity contribution in [2.75, 3.05) is 6.61 Å². The van der Waals surface area contributed by atoms with Gasteiger partial charge in [-0.3, -0.25) is 4.79 Å². The number of nitrogens with one attached hydrogen (secondary N) is 1. The summed E-state index contributed by atoms with van der Waals surface area (Å²) in [6.07, 6.45) is 4.27. The van der Waals surface area contributed by atoms with E-state index in [1.165, 1.54) is 11.1 Å². The van der Waals surface area contributed by atoms with Gasteiger partial charge in [0.25, 0.3) is 0 Å². The van der Waals surface area contributed by atoms with Gasteiger partial charge in [0.2, 0.25) is 5.91 Å². The van der Waals surface area contributed by atoms with Crippen molar-refractivity contribution in [3.8, 4) is 5.75 Å². The largest absolute Gasteiger partial charge is 0.493 e. The number of hydrogen-bond acceptors (Lipinski definition) is 3. The number of hydrogen-bond donors (Lipinski definition) is 2. The van der Waals surface area contributed by atoms with Gasteiger partial charge in [-0.25, -0.2) is 4.79 Å². The van der Waals surface area contributed by atoms with Gasteiger partial charge in [0.1, 0.15) is 5.75 Å². The van der Waals surface area contributed by atoms with Crippen molar-refractivity contribution in [1.82, 2.24) is 5.32 Å².